The highest BCUT2D eigenvalue weighted by molar-refractivity contribution is 6.05. The summed E-state index contributed by atoms with van der Waals surface area (Å²) in [5.74, 6) is 0.407. The highest BCUT2D eigenvalue weighted by atomic mass is 16.5. The topological polar surface area (TPSA) is 88.5 Å². The highest BCUT2D eigenvalue weighted by Gasteiger charge is 2.32. The van der Waals surface area contributed by atoms with E-state index in [-0.39, 0.29) is 17.9 Å². The number of carbonyl (C=O) groups excluding carboxylic acids is 2. The summed E-state index contributed by atoms with van der Waals surface area (Å²) in [7, 11) is 0. The molecule has 0 radical (unpaired) electrons. The summed E-state index contributed by atoms with van der Waals surface area (Å²) in [6.07, 6.45) is 6.00. The summed E-state index contributed by atoms with van der Waals surface area (Å²) in [5, 5.41) is 1.83. The van der Waals surface area contributed by atoms with Crippen LogP contribution in [0, 0.1) is 6.92 Å². The van der Waals surface area contributed by atoms with Gasteiger partial charge in [-0.15, -0.1) is 0 Å². The van der Waals surface area contributed by atoms with E-state index in [1.165, 1.54) is 0 Å². The lowest BCUT2D eigenvalue weighted by molar-refractivity contribution is 0.0301. The van der Waals surface area contributed by atoms with Crippen molar-refractivity contribution < 1.29 is 14.3 Å². The number of nitrogens with zero attached hydrogens (tertiary/aromatic N) is 5. The van der Waals surface area contributed by atoms with Crippen LogP contribution in [0.25, 0.3) is 10.8 Å². The summed E-state index contributed by atoms with van der Waals surface area (Å²) >= 11 is 0. The molecule has 0 unspecified atom stereocenters. The van der Waals surface area contributed by atoms with Crippen LogP contribution in [0.15, 0.2) is 42.7 Å². The van der Waals surface area contributed by atoms with E-state index in [0.717, 1.165) is 30.0 Å². The minimum absolute atomic E-state index is 0.0705. The Hall–Kier alpha value is -3.39. The molecule has 8 heteroatoms. The monoisotopic (exact) mass is 445 g/mol. The molecule has 2 fully saturated rings. The predicted molar refractivity (Wildman–Crippen MR) is 123 cm³/mol. The maximum absolute atomic E-state index is 13.6. The first-order chi connectivity index (χ1) is 16.1. The number of piperidine rings is 1. The maximum atomic E-state index is 13.6. The summed E-state index contributed by atoms with van der Waals surface area (Å²) < 4.78 is 5.34. The van der Waals surface area contributed by atoms with Crippen molar-refractivity contribution in [2.45, 2.75) is 32.2 Å². The molecule has 0 saturated carbocycles. The maximum Gasteiger partial charge on any atom is 0.273 e. The second-order valence-electron chi connectivity index (χ2n) is 8.52. The number of morpholine rings is 1. The molecule has 170 valence electrons. The molecular weight excluding hydrogens is 418 g/mol. The van der Waals surface area contributed by atoms with E-state index in [1.807, 2.05) is 42.2 Å². The quantitative estimate of drug-likeness (QED) is 0.615. The standard InChI is InChI=1S/C25H27N5O3/c1-17-20(24(31)29-12-14-33-15-13-29)16-27-23(28-17)21-8-4-5-11-30(21)25(32)22-19-7-3-2-6-18(19)9-10-26-22/h2-3,6-7,9-10,16,21H,4-5,8,11-15H2,1H3/t21-/m0/s1. The summed E-state index contributed by atoms with van der Waals surface area (Å²) in [6, 6.07) is 9.47. The molecule has 2 saturated heterocycles. The number of benzene rings is 1. The van der Waals surface area contributed by atoms with Crippen molar-refractivity contribution in [3.8, 4) is 0 Å². The Labute approximate surface area is 192 Å². The zero-order valence-electron chi connectivity index (χ0n) is 18.7. The molecule has 1 aromatic carbocycles. The first-order valence-electron chi connectivity index (χ1n) is 11.5. The first kappa shape index (κ1) is 21.5. The van der Waals surface area contributed by atoms with E-state index < -0.39 is 0 Å². The van der Waals surface area contributed by atoms with Gasteiger partial charge in [0.2, 0.25) is 0 Å². The van der Waals surface area contributed by atoms with E-state index in [9.17, 15) is 9.59 Å². The van der Waals surface area contributed by atoms with Crippen molar-refractivity contribution in [3.05, 3.63) is 65.5 Å². The molecule has 4 heterocycles. The third-order valence-corrected chi connectivity index (χ3v) is 6.46. The summed E-state index contributed by atoms with van der Waals surface area (Å²) in [5.41, 5.74) is 1.60. The van der Waals surface area contributed by atoms with E-state index >= 15 is 0 Å². The Bertz CT molecular complexity index is 1190. The van der Waals surface area contributed by atoms with Crippen LogP contribution in [-0.2, 0) is 4.74 Å². The van der Waals surface area contributed by atoms with Crippen molar-refractivity contribution in [2.24, 2.45) is 0 Å². The highest BCUT2D eigenvalue weighted by Crippen LogP contribution is 2.31. The molecule has 5 rings (SSSR count). The minimum atomic E-state index is -0.238. The average Bonchev–Trinajstić information content (AvgIpc) is 2.88. The van der Waals surface area contributed by atoms with Crippen molar-refractivity contribution in [1.29, 1.82) is 0 Å². The number of pyridine rings is 1. The predicted octanol–water partition coefficient (Wildman–Crippen LogP) is 3.17. The number of amides is 2. The normalized spacial score (nSPS) is 19.0. The van der Waals surface area contributed by atoms with Gasteiger partial charge in [0.25, 0.3) is 11.8 Å². The van der Waals surface area contributed by atoms with Crippen molar-refractivity contribution in [2.75, 3.05) is 32.8 Å². The average molecular weight is 446 g/mol. The molecule has 0 bridgehead atoms. The zero-order chi connectivity index (χ0) is 22.8. The molecule has 2 aromatic heterocycles. The molecule has 2 aliphatic heterocycles. The van der Waals surface area contributed by atoms with Crippen LogP contribution < -0.4 is 0 Å². The fraction of sp³-hybridized carbons (Fsp3) is 0.400. The molecule has 2 amide bonds. The van der Waals surface area contributed by atoms with Gasteiger partial charge in [-0.25, -0.2) is 9.97 Å². The number of ether oxygens (including phenoxy) is 1. The molecule has 33 heavy (non-hydrogen) atoms. The smallest absolute Gasteiger partial charge is 0.273 e. The number of aromatic nitrogens is 3. The van der Waals surface area contributed by atoms with Crippen LogP contribution in [0.3, 0.4) is 0 Å². The molecule has 3 aromatic rings. The lowest BCUT2D eigenvalue weighted by Gasteiger charge is -2.35. The van der Waals surface area contributed by atoms with Crippen LogP contribution in [-0.4, -0.2) is 69.4 Å². The second-order valence-corrected chi connectivity index (χ2v) is 8.52. The molecule has 0 spiro atoms. The van der Waals surface area contributed by atoms with Gasteiger partial charge in [-0.3, -0.25) is 14.6 Å². The van der Waals surface area contributed by atoms with Crippen LogP contribution in [0.1, 0.15) is 57.7 Å². The van der Waals surface area contributed by atoms with Gasteiger partial charge >= 0.3 is 0 Å². The van der Waals surface area contributed by atoms with Crippen molar-refractivity contribution in [3.63, 3.8) is 0 Å². The van der Waals surface area contributed by atoms with Crippen molar-refractivity contribution >= 4 is 22.6 Å². The Morgan fingerprint density at radius 2 is 1.82 bits per heavy atom. The van der Waals surface area contributed by atoms with Gasteiger partial charge in [0, 0.05) is 37.4 Å². The molecular formula is C25H27N5O3. The van der Waals surface area contributed by atoms with Crippen LogP contribution in [0.2, 0.25) is 0 Å². The van der Waals surface area contributed by atoms with Gasteiger partial charge in [-0.1, -0.05) is 24.3 Å². The van der Waals surface area contributed by atoms with Gasteiger partial charge in [0.05, 0.1) is 30.5 Å². The van der Waals surface area contributed by atoms with Gasteiger partial charge in [-0.05, 0) is 37.6 Å². The Kier molecular flexibility index (Phi) is 6.00. The van der Waals surface area contributed by atoms with E-state index in [1.54, 1.807) is 17.3 Å². The molecule has 8 nitrogen and oxygen atoms in total. The number of likely N-dealkylation sites (tertiary alicyclic amines) is 1. The number of aryl methyl sites for hydroxylation is 1. The summed E-state index contributed by atoms with van der Waals surface area (Å²) in [4.78, 5) is 43.8. The Morgan fingerprint density at radius 3 is 2.64 bits per heavy atom. The van der Waals surface area contributed by atoms with E-state index in [4.69, 9.17) is 9.72 Å². The fourth-order valence-corrected chi connectivity index (χ4v) is 4.66. The fourth-order valence-electron chi connectivity index (χ4n) is 4.66. The summed E-state index contributed by atoms with van der Waals surface area (Å²) in [6.45, 7) is 4.70. The Balaban J connectivity index is 1.43. The molecule has 0 N–H and O–H groups in total. The first-order valence-corrected chi connectivity index (χ1v) is 11.5. The third-order valence-electron chi connectivity index (χ3n) is 6.46. The number of rotatable bonds is 3. The van der Waals surface area contributed by atoms with Gasteiger partial charge < -0.3 is 14.5 Å². The molecule has 1 atom stereocenters. The van der Waals surface area contributed by atoms with Gasteiger partial charge in [-0.2, -0.15) is 0 Å². The number of hydrogen-bond acceptors (Lipinski definition) is 6. The van der Waals surface area contributed by atoms with Gasteiger partial charge in [0.15, 0.2) is 5.82 Å². The zero-order valence-corrected chi connectivity index (χ0v) is 18.7. The molecule has 0 aliphatic carbocycles. The largest absolute Gasteiger partial charge is 0.378 e. The number of carbonyl (C=O) groups is 2. The molecule has 2 aliphatic rings. The lowest BCUT2D eigenvalue weighted by Crippen LogP contribution is -2.41. The SMILES string of the molecule is Cc1nc([C@@H]2CCCCN2C(=O)c2nccc3ccccc23)ncc1C(=O)N1CCOCC1. The van der Waals surface area contributed by atoms with Crippen molar-refractivity contribution in [1.82, 2.24) is 24.8 Å². The van der Waals surface area contributed by atoms with Crippen LogP contribution >= 0.6 is 0 Å². The minimum Gasteiger partial charge on any atom is -0.378 e. The number of hydrogen-bond donors (Lipinski definition) is 0. The number of fused-ring (bicyclic) bond motifs is 1. The Morgan fingerprint density at radius 1 is 1.00 bits per heavy atom. The van der Waals surface area contributed by atoms with E-state index in [0.29, 0.717) is 55.6 Å². The lowest BCUT2D eigenvalue weighted by atomic mass is 9.99. The van der Waals surface area contributed by atoms with Crippen LogP contribution in [0.5, 0.6) is 0 Å². The van der Waals surface area contributed by atoms with Crippen LogP contribution in [0.4, 0.5) is 0 Å². The van der Waals surface area contributed by atoms with Gasteiger partial charge in [0.1, 0.15) is 5.69 Å². The third kappa shape index (κ3) is 4.18. The second kappa shape index (κ2) is 9.23. The van der Waals surface area contributed by atoms with E-state index in [2.05, 4.69) is 9.97 Å².